The maximum atomic E-state index is 12.4. The third-order valence-corrected chi connectivity index (χ3v) is 4.95. The smallest absolute Gasteiger partial charge is 0.222 e. The highest BCUT2D eigenvalue weighted by atomic mass is 16.5. The van der Waals surface area contributed by atoms with Crippen LogP contribution < -0.4 is 9.64 Å². The van der Waals surface area contributed by atoms with Gasteiger partial charge in [0.2, 0.25) is 5.91 Å². The summed E-state index contributed by atoms with van der Waals surface area (Å²) in [6.45, 7) is 6.65. The number of rotatable bonds is 8. The number of benzene rings is 2. The fourth-order valence-corrected chi connectivity index (χ4v) is 3.31. The molecule has 28 heavy (non-hydrogen) atoms. The van der Waals surface area contributed by atoms with Gasteiger partial charge in [-0.2, -0.15) is 0 Å². The van der Waals surface area contributed by atoms with E-state index >= 15 is 0 Å². The standard InChI is InChI=1S/C23H30N2O3/c1-19-5-3-6-22(17-19)28-14-4-7-23(26)24(2)18-20-8-10-21(11-9-20)25-12-15-27-16-13-25/h3,5-6,8-11,17H,4,7,12-16,18H2,1-2H3. The molecule has 150 valence electrons. The first-order valence-electron chi connectivity index (χ1n) is 9.97. The van der Waals surface area contributed by atoms with E-state index in [2.05, 4.69) is 29.2 Å². The number of aryl methyl sites for hydroxylation is 1. The first-order chi connectivity index (χ1) is 13.6. The number of carbonyl (C=O) groups is 1. The van der Waals surface area contributed by atoms with Gasteiger partial charge >= 0.3 is 0 Å². The Morgan fingerprint density at radius 1 is 1.14 bits per heavy atom. The van der Waals surface area contributed by atoms with Gasteiger partial charge in [-0.1, -0.05) is 24.3 Å². The third-order valence-electron chi connectivity index (χ3n) is 4.95. The van der Waals surface area contributed by atoms with Crippen LogP contribution in [0.5, 0.6) is 5.75 Å². The van der Waals surface area contributed by atoms with Crippen LogP contribution in [0.25, 0.3) is 0 Å². The molecule has 1 heterocycles. The SMILES string of the molecule is Cc1cccc(OCCCC(=O)N(C)Cc2ccc(N3CCOCC3)cc2)c1. The molecule has 2 aromatic carbocycles. The third kappa shape index (κ3) is 5.99. The van der Waals surface area contributed by atoms with E-state index in [1.165, 1.54) is 11.3 Å². The average Bonchev–Trinajstić information content (AvgIpc) is 2.72. The van der Waals surface area contributed by atoms with Gasteiger partial charge < -0.3 is 19.3 Å². The number of hydrogen-bond donors (Lipinski definition) is 0. The Morgan fingerprint density at radius 2 is 1.89 bits per heavy atom. The summed E-state index contributed by atoms with van der Waals surface area (Å²) in [6.07, 6.45) is 1.21. The lowest BCUT2D eigenvalue weighted by Crippen LogP contribution is -2.36. The Bertz CT molecular complexity index is 755. The van der Waals surface area contributed by atoms with Crippen LogP contribution >= 0.6 is 0 Å². The normalized spacial score (nSPS) is 14.0. The molecule has 0 unspecified atom stereocenters. The van der Waals surface area contributed by atoms with Crippen LogP contribution in [0.15, 0.2) is 48.5 Å². The Kier molecular flexibility index (Phi) is 7.31. The monoisotopic (exact) mass is 382 g/mol. The Morgan fingerprint density at radius 3 is 2.61 bits per heavy atom. The van der Waals surface area contributed by atoms with Crippen molar-refractivity contribution in [2.45, 2.75) is 26.3 Å². The van der Waals surface area contributed by atoms with Crippen LogP contribution in [0.4, 0.5) is 5.69 Å². The number of nitrogens with zero attached hydrogens (tertiary/aromatic N) is 2. The zero-order valence-electron chi connectivity index (χ0n) is 16.9. The minimum Gasteiger partial charge on any atom is -0.494 e. The van der Waals surface area contributed by atoms with Crippen molar-refractivity contribution >= 4 is 11.6 Å². The summed E-state index contributed by atoms with van der Waals surface area (Å²) in [5.41, 5.74) is 3.53. The molecule has 2 aromatic rings. The molecule has 0 N–H and O–H groups in total. The highest BCUT2D eigenvalue weighted by Crippen LogP contribution is 2.18. The predicted molar refractivity (Wildman–Crippen MR) is 112 cm³/mol. The Labute approximate surface area is 167 Å². The first kappa shape index (κ1) is 20.2. The van der Waals surface area contributed by atoms with Crippen molar-refractivity contribution in [3.63, 3.8) is 0 Å². The van der Waals surface area contributed by atoms with Crippen molar-refractivity contribution in [3.8, 4) is 5.75 Å². The molecule has 0 spiro atoms. The molecule has 0 bridgehead atoms. The van der Waals surface area contributed by atoms with Gasteiger partial charge in [-0.05, 0) is 48.7 Å². The minimum atomic E-state index is 0.144. The van der Waals surface area contributed by atoms with Crippen LogP contribution in [0.2, 0.25) is 0 Å². The summed E-state index contributed by atoms with van der Waals surface area (Å²) >= 11 is 0. The minimum absolute atomic E-state index is 0.144. The van der Waals surface area contributed by atoms with Crippen LogP contribution in [0.3, 0.4) is 0 Å². The topological polar surface area (TPSA) is 42.0 Å². The summed E-state index contributed by atoms with van der Waals surface area (Å²) in [4.78, 5) is 16.5. The van der Waals surface area contributed by atoms with Crippen LogP contribution in [0, 0.1) is 6.92 Å². The van der Waals surface area contributed by atoms with Gasteiger partial charge in [0.1, 0.15) is 5.75 Å². The summed E-state index contributed by atoms with van der Waals surface area (Å²) in [6, 6.07) is 16.5. The molecular formula is C23H30N2O3. The van der Waals surface area contributed by atoms with E-state index in [-0.39, 0.29) is 5.91 Å². The lowest BCUT2D eigenvalue weighted by Gasteiger charge is -2.29. The molecule has 5 nitrogen and oxygen atoms in total. The molecule has 1 aliphatic heterocycles. The lowest BCUT2D eigenvalue weighted by molar-refractivity contribution is -0.130. The first-order valence-corrected chi connectivity index (χ1v) is 9.97. The second kappa shape index (κ2) is 10.1. The van der Waals surface area contributed by atoms with Crippen LogP contribution in [-0.4, -0.2) is 50.8 Å². The maximum absolute atomic E-state index is 12.4. The van der Waals surface area contributed by atoms with E-state index in [0.717, 1.165) is 37.6 Å². The van der Waals surface area contributed by atoms with Crippen molar-refractivity contribution in [2.75, 3.05) is 44.9 Å². The zero-order valence-corrected chi connectivity index (χ0v) is 16.9. The van der Waals surface area contributed by atoms with E-state index < -0.39 is 0 Å². The van der Waals surface area contributed by atoms with Crippen molar-refractivity contribution in [2.24, 2.45) is 0 Å². The van der Waals surface area contributed by atoms with Gasteiger partial charge in [-0.15, -0.1) is 0 Å². The summed E-state index contributed by atoms with van der Waals surface area (Å²) in [7, 11) is 1.86. The van der Waals surface area contributed by atoms with E-state index in [0.29, 0.717) is 26.0 Å². The Hall–Kier alpha value is -2.53. The number of anilines is 1. The lowest BCUT2D eigenvalue weighted by atomic mass is 10.1. The second-order valence-corrected chi connectivity index (χ2v) is 7.28. The molecule has 0 atom stereocenters. The van der Waals surface area contributed by atoms with E-state index in [4.69, 9.17) is 9.47 Å². The summed E-state index contributed by atoms with van der Waals surface area (Å²) in [5, 5.41) is 0. The number of amides is 1. The van der Waals surface area contributed by atoms with Crippen molar-refractivity contribution < 1.29 is 14.3 Å². The molecule has 5 heteroatoms. The molecule has 3 rings (SSSR count). The largest absolute Gasteiger partial charge is 0.494 e. The number of hydrogen-bond acceptors (Lipinski definition) is 4. The molecule has 0 aromatic heterocycles. The molecule has 1 aliphatic rings. The van der Waals surface area contributed by atoms with Crippen LogP contribution in [0.1, 0.15) is 24.0 Å². The van der Waals surface area contributed by atoms with Gasteiger partial charge in [-0.25, -0.2) is 0 Å². The van der Waals surface area contributed by atoms with E-state index in [1.807, 2.05) is 38.2 Å². The molecule has 0 aliphatic carbocycles. The van der Waals surface area contributed by atoms with Crippen molar-refractivity contribution in [1.29, 1.82) is 0 Å². The van der Waals surface area contributed by atoms with Crippen molar-refractivity contribution in [1.82, 2.24) is 4.90 Å². The number of morpholine rings is 1. The highest BCUT2D eigenvalue weighted by molar-refractivity contribution is 5.75. The van der Waals surface area contributed by atoms with E-state index in [9.17, 15) is 4.79 Å². The molecular weight excluding hydrogens is 352 g/mol. The summed E-state index contributed by atoms with van der Waals surface area (Å²) < 4.78 is 11.1. The maximum Gasteiger partial charge on any atom is 0.222 e. The van der Waals surface area contributed by atoms with Crippen LogP contribution in [-0.2, 0) is 16.1 Å². The summed E-state index contributed by atoms with van der Waals surface area (Å²) in [5.74, 6) is 1.01. The number of carbonyl (C=O) groups excluding carboxylic acids is 1. The highest BCUT2D eigenvalue weighted by Gasteiger charge is 2.12. The molecule has 0 radical (unpaired) electrons. The van der Waals surface area contributed by atoms with Gasteiger partial charge in [0.15, 0.2) is 0 Å². The fraction of sp³-hybridized carbons (Fsp3) is 0.435. The van der Waals surface area contributed by atoms with E-state index in [1.54, 1.807) is 4.90 Å². The molecule has 1 amide bonds. The molecule has 0 saturated carbocycles. The van der Waals surface area contributed by atoms with Gasteiger partial charge in [-0.3, -0.25) is 4.79 Å². The zero-order chi connectivity index (χ0) is 19.8. The van der Waals surface area contributed by atoms with Gasteiger partial charge in [0.25, 0.3) is 0 Å². The molecule has 1 fully saturated rings. The van der Waals surface area contributed by atoms with Gasteiger partial charge in [0, 0.05) is 38.8 Å². The molecule has 1 saturated heterocycles. The Balaban J connectivity index is 1.39. The quantitative estimate of drug-likeness (QED) is 0.654. The second-order valence-electron chi connectivity index (χ2n) is 7.28. The van der Waals surface area contributed by atoms with Crippen molar-refractivity contribution in [3.05, 3.63) is 59.7 Å². The number of ether oxygens (including phenoxy) is 2. The average molecular weight is 383 g/mol. The van der Waals surface area contributed by atoms with Gasteiger partial charge in [0.05, 0.1) is 19.8 Å². The fourth-order valence-electron chi connectivity index (χ4n) is 3.31. The predicted octanol–water partition coefficient (Wildman–Crippen LogP) is 3.65.